The quantitative estimate of drug-likeness (QED) is 0.440. The van der Waals surface area contributed by atoms with Crippen LogP contribution in [-0.2, 0) is 0 Å². The minimum absolute atomic E-state index is 0.00917. The van der Waals surface area contributed by atoms with Gasteiger partial charge in [-0.25, -0.2) is 4.98 Å². The number of thioether (sulfide) groups is 1. The highest BCUT2D eigenvalue weighted by molar-refractivity contribution is 7.99. The van der Waals surface area contributed by atoms with E-state index in [1.54, 1.807) is 17.0 Å². The number of nitrogen functional groups attached to an aromatic ring is 1. The van der Waals surface area contributed by atoms with Crippen LogP contribution in [-0.4, -0.2) is 41.3 Å². The summed E-state index contributed by atoms with van der Waals surface area (Å²) < 4.78 is 0. The Hall–Kier alpha value is -2.32. The number of aryl methyl sites for hydroxylation is 1. The number of amides is 1. The third-order valence-electron chi connectivity index (χ3n) is 4.48. The first-order chi connectivity index (χ1) is 12.5. The zero-order chi connectivity index (χ0) is 18.5. The van der Waals surface area contributed by atoms with E-state index in [2.05, 4.69) is 15.3 Å². The standard InChI is InChI=1S/C18H23N5O2S/c1-12-4-6-13(7-5-12)16(24)20-14-15(19)21-18(22-17(14)25)26-11-10-23-8-2-3-9-23/h4-7H,2-3,8-11H2,1H3,(H,20,24)(H3,19,21,22,25)/p+1. The fourth-order valence-electron chi connectivity index (χ4n) is 2.97. The molecule has 1 aromatic heterocycles. The van der Waals surface area contributed by atoms with Gasteiger partial charge in [0.15, 0.2) is 11.0 Å². The predicted octanol–water partition coefficient (Wildman–Crippen LogP) is 0.684. The van der Waals surface area contributed by atoms with Gasteiger partial charge in [-0.3, -0.25) is 14.6 Å². The Kier molecular flexibility index (Phi) is 5.95. The maximum absolute atomic E-state index is 12.3. The molecule has 8 heteroatoms. The van der Waals surface area contributed by atoms with Crippen molar-refractivity contribution in [2.45, 2.75) is 24.9 Å². The largest absolute Gasteiger partial charge is 0.382 e. The molecule has 0 unspecified atom stereocenters. The van der Waals surface area contributed by atoms with E-state index in [-0.39, 0.29) is 17.4 Å². The van der Waals surface area contributed by atoms with E-state index in [4.69, 9.17) is 5.73 Å². The Labute approximate surface area is 156 Å². The van der Waals surface area contributed by atoms with Gasteiger partial charge in [-0.05, 0) is 19.1 Å². The molecule has 1 aliphatic heterocycles. The van der Waals surface area contributed by atoms with Crippen molar-refractivity contribution >= 4 is 29.2 Å². The van der Waals surface area contributed by atoms with Crippen molar-refractivity contribution in [1.82, 2.24) is 9.97 Å². The highest BCUT2D eigenvalue weighted by atomic mass is 32.2. The minimum Gasteiger partial charge on any atom is -0.382 e. The van der Waals surface area contributed by atoms with Gasteiger partial charge in [0.2, 0.25) is 0 Å². The number of carbonyl (C=O) groups is 1. The van der Waals surface area contributed by atoms with Gasteiger partial charge >= 0.3 is 0 Å². The molecule has 2 aromatic rings. The number of hydrogen-bond donors (Lipinski definition) is 4. The second-order valence-electron chi connectivity index (χ2n) is 6.51. The summed E-state index contributed by atoms with van der Waals surface area (Å²) in [6.45, 7) is 5.42. The monoisotopic (exact) mass is 374 g/mol. The van der Waals surface area contributed by atoms with Gasteiger partial charge in [-0.2, -0.15) is 0 Å². The highest BCUT2D eigenvalue weighted by Gasteiger charge is 2.16. The average Bonchev–Trinajstić information content (AvgIpc) is 3.12. The summed E-state index contributed by atoms with van der Waals surface area (Å²) in [7, 11) is 0. The minimum atomic E-state index is -0.436. The number of quaternary nitrogens is 1. The van der Waals surface area contributed by atoms with Gasteiger partial charge < -0.3 is 16.0 Å². The molecule has 2 heterocycles. The molecule has 1 saturated heterocycles. The molecule has 0 aliphatic carbocycles. The lowest BCUT2D eigenvalue weighted by molar-refractivity contribution is -0.884. The van der Waals surface area contributed by atoms with Crippen LogP contribution in [0.25, 0.3) is 0 Å². The van der Waals surface area contributed by atoms with Crippen LogP contribution in [0, 0.1) is 6.92 Å². The Balaban J connectivity index is 1.63. The number of aromatic nitrogens is 2. The van der Waals surface area contributed by atoms with Gasteiger partial charge in [0, 0.05) is 18.4 Å². The molecule has 0 bridgehead atoms. The van der Waals surface area contributed by atoms with E-state index >= 15 is 0 Å². The number of nitrogens with two attached hydrogens (primary N) is 1. The summed E-state index contributed by atoms with van der Waals surface area (Å²) in [4.78, 5) is 33.1. The summed E-state index contributed by atoms with van der Waals surface area (Å²) in [5, 5.41) is 3.04. The van der Waals surface area contributed by atoms with Crippen LogP contribution in [0.1, 0.15) is 28.8 Å². The first-order valence-electron chi connectivity index (χ1n) is 8.77. The van der Waals surface area contributed by atoms with Crippen LogP contribution in [0.5, 0.6) is 0 Å². The van der Waals surface area contributed by atoms with E-state index in [0.717, 1.165) is 17.9 Å². The SMILES string of the molecule is Cc1ccc(C(=O)Nc2c(N)nc(SCC[NH+]3CCCC3)[nH]c2=O)cc1. The number of nitrogens with one attached hydrogen (secondary N) is 3. The van der Waals surface area contributed by atoms with E-state index in [1.165, 1.54) is 37.7 Å². The van der Waals surface area contributed by atoms with Crippen molar-refractivity contribution < 1.29 is 9.69 Å². The van der Waals surface area contributed by atoms with Crippen molar-refractivity contribution in [3.05, 3.63) is 45.7 Å². The number of H-pyrrole nitrogens is 1. The zero-order valence-electron chi connectivity index (χ0n) is 14.8. The number of rotatable bonds is 6. The third-order valence-corrected chi connectivity index (χ3v) is 5.36. The molecule has 1 aliphatic rings. The summed E-state index contributed by atoms with van der Waals surface area (Å²) in [5.74, 6) is 0.513. The van der Waals surface area contributed by atoms with Crippen LogP contribution in [0.2, 0.25) is 0 Å². The maximum atomic E-state index is 12.3. The number of likely N-dealkylation sites (tertiary alicyclic amines) is 1. The lowest BCUT2D eigenvalue weighted by Gasteiger charge is -2.11. The first-order valence-corrected chi connectivity index (χ1v) is 9.75. The van der Waals surface area contributed by atoms with Crippen LogP contribution in [0.15, 0.2) is 34.2 Å². The molecular weight excluding hydrogens is 350 g/mol. The smallest absolute Gasteiger partial charge is 0.277 e. The van der Waals surface area contributed by atoms with E-state index < -0.39 is 5.56 Å². The molecular formula is C18H24N5O2S+. The Morgan fingerprint density at radius 3 is 2.65 bits per heavy atom. The maximum Gasteiger partial charge on any atom is 0.277 e. The lowest BCUT2D eigenvalue weighted by Crippen LogP contribution is -3.10. The third kappa shape index (κ3) is 4.64. The lowest BCUT2D eigenvalue weighted by atomic mass is 10.1. The molecule has 0 saturated carbocycles. The molecule has 7 nitrogen and oxygen atoms in total. The van der Waals surface area contributed by atoms with Crippen LogP contribution in [0.3, 0.4) is 0 Å². The normalized spacial score (nSPS) is 14.5. The topological polar surface area (TPSA) is 105 Å². The van der Waals surface area contributed by atoms with Gasteiger partial charge in [-0.15, -0.1) is 0 Å². The van der Waals surface area contributed by atoms with Crippen molar-refractivity contribution in [3.8, 4) is 0 Å². The molecule has 0 atom stereocenters. The molecule has 1 fully saturated rings. The summed E-state index contributed by atoms with van der Waals surface area (Å²) in [6, 6.07) is 7.08. The number of aromatic amines is 1. The van der Waals surface area contributed by atoms with E-state index in [0.29, 0.717) is 10.7 Å². The van der Waals surface area contributed by atoms with Gasteiger partial charge in [0.25, 0.3) is 11.5 Å². The molecule has 26 heavy (non-hydrogen) atoms. The fourth-order valence-corrected chi connectivity index (χ4v) is 3.88. The number of hydrogen-bond acceptors (Lipinski definition) is 5. The molecule has 0 spiro atoms. The average molecular weight is 374 g/mol. The Morgan fingerprint density at radius 1 is 1.31 bits per heavy atom. The molecule has 3 rings (SSSR count). The number of anilines is 2. The Bertz CT molecular complexity index is 828. The van der Waals surface area contributed by atoms with Crippen molar-refractivity contribution in [3.63, 3.8) is 0 Å². The fraction of sp³-hybridized carbons (Fsp3) is 0.389. The summed E-state index contributed by atoms with van der Waals surface area (Å²) >= 11 is 1.48. The van der Waals surface area contributed by atoms with Crippen LogP contribution >= 0.6 is 11.8 Å². The summed E-state index contributed by atoms with van der Waals surface area (Å²) in [5.41, 5.74) is 6.97. The van der Waals surface area contributed by atoms with Gasteiger partial charge in [0.05, 0.1) is 25.4 Å². The molecule has 0 radical (unpaired) electrons. The van der Waals surface area contributed by atoms with Crippen LogP contribution in [0.4, 0.5) is 11.5 Å². The molecule has 5 N–H and O–H groups in total. The number of nitrogens with zero attached hydrogens (tertiary/aromatic N) is 1. The highest BCUT2D eigenvalue weighted by Crippen LogP contribution is 2.17. The molecule has 1 aromatic carbocycles. The van der Waals surface area contributed by atoms with E-state index in [9.17, 15) is 9.59 Å². The molecule has 1 amide bonds. The number of carbonyl (C=O) groups excluding carboxylic acids is 1. The zero-order valence-corrected chi connectivity index (χ0v) is 15.6. The second kappa shape index (κ2) is 8.37. The second-order valence-corrected chi connectivity index (χ2v) is 7.59. The van der Waals surface area contributed by atoms with Crippen molar-refractivity contribution in [1.29, 1.82) is 0 Å². The number of benzene rings is 1. The summed E-state index contributed by atoms with van der Waals surface area (Å²) in [6.07, 6.45) is 2.58. The first kappa shape index (κ1) is 18.5. The predicted molar refractivity (Wildman–Crippen MR) is 104 cm³/mol. The Morgan fingerprint density at radius 2 is 2.00 bits per heavy atom. The van der Waals surface area contributed by atoms with Gasteiger partial charge in [0.1, 0.15) is 5.69 Å². The van der Waals surface area contributed by atoms with Crippen molar-refractivity contribution in [2.24, 2.45) is 0 Å². The van der Waals surface area contributed by atoms with Crippen LogP contribution < -0.4 is 21.5 Å². The van der Waals surface area contributed by atoms with Gasteiger partial charge in [-0.1, -0.05) is 29.5 Å². The molecule has 138 valence electrons. The van der Waals surface area contributed by atoms with E-state index in [1.807, 2.05) is 19.1 Å². The van der Waals surface area contributed by atoms with Crippen molar-refractivity contribution in [2.75, 3.05) is 36.4 Å².